The molecule has 0 aliphatic rings. The molecule has 0 aromatic heterocycles. The summed E-state index contributed by atoms with van der Waals surface area (Å²) in [6.07, 6.45) is -0.730. The molecule has 2 rings (SSSR count). The van der Waals surface area contributed by atoms with E-state index < -0.39 is 12.0 Å². The fourth-order valence-corrected chi connectivity index (χ4v) is 1.96. The van der Waals surface area contributed by atoms with Gasteiger partial charge in [0.2, 0.25) is 0 Å². The Hall–Kier alpha value is -2.82. The van der Waals surface area contributed by atoms with E-state index in [4.69, 9.17) is 4.74 Å². The van der Waals surface area contributed by atoms with E-state index in [2.05, 4.69) is 10.9 Å². The van der Waals surface area contributed by atoms with Gasteiger partial charge in [-0.05, 0) is 50.1 Å². The van der Waals surface area contributed by atoms with E-state index in [1.165, 1.54) is 0 Å². The Morgan fingerprint density at radius 1 is 1.00 bits per heavy atom. The minimum atomic E-state index is -0.730. The summed E-state index contributed by atoms with van der Waals surface area (Å²) in [7, 11) is 0. The van der Waals surface area contributed by atoms with Gasteiger partial charge < -0.3 is 4.74 Å². The number of benzene rings is 2. The molecule has 2 aromatic rings. The van der Waals surface area contributed by atoms with Crippen molar-refractivity contribution in [1.29, 1.82) is 0 Å². The molecule has 0 radical (unpaired) electrons. The van der Waals surface area contributed by atoms with Crippen molar-refractivity contribution in [3.8, 4) is 5.75 Å². The summed E-state index contributed by atoms with van der Waals surface area (Å²) in [5.41, 5.74) is 7.21. The second kappa shape index (κ2) is 7.45. The van der Waals surface area contributed by atoms with Crippen LogP contribution in [0.15, 0.2) is 48.5 Å². The average molecular weight is 312 g/mol. The van der Waals surface area contributed by atoms with E-state index in [9.17, 15) is 9.59 Å². The van der Waals surface area contributed by atoms with Crippen LogP contribution in [0.3, 0.4) is 0 Å². The zero-order valence-electron chi connectivity index (χ0n) is 13.4. The molecule has 2 aromatic carbocycles. The zero-order valence-corrected chi connectivity index (χ0v) is 13.4. The zero-order chi connectivity index (χ0) is 16.8. The highest BCUT2D eigenvalue weighted by molar-refractivity contribution is 5.95. The predicted octanol–water partition coefficient (Wildman–Crippen LogP) is 2.53. The molecule has 0 aliphatic heterocycles. The molecule has 0 saturated heterocycles. The lowest BCUT2D eigenvalue weighted by Gasteiger charge is -2.17. The van der Waals surface area contributed by atoms with Crippen LogP contribution in [-0.4, -0.2) is 17.9 Å². The maximum absolute atomic E-state index is 12.0. The van der Waals surface area contributed by atoms with Crippen molar-refractivity contribution in [3.63, 3.8) is 0 Å². The Labute approximate surface area is 135 Å². The van der Waals surface area contributed by atoms with Crippen molar-refractivity contribution >= 4 is 11.8 Å². The van der Waals surface area contributed by atoms with E-state index in [0.29, 0.717) is 11.3 Å². The number of aryl methyl sites for hydroxylation is 2. The first kappa shape index (κ1) is 16.5. The Morgan fingerprint density at radius 3 is 2.39 bits per heavy atom. The highest BCUT2D eigenvalue weighted by Gasteiger charge is 2.16. The number of hydrogen-bond donors (Lipinski definition) is 2. The minimum Gasteiger partial charge on any atom is -0.481 e. The summed E-state index contributed by atoms with van der Waals surface area (Å²) >= 11 is 0. The lowest BCUT2D eigenvalue weighted by molar-refractivity contribution is -0.128. The van der Waals surface area contributed by atoms with Crippen molar-refractivity contribution in [2.45, 2.75) is 26.9 Å². The number of amides is 2. The molecular weight excluding hydrogens is 292 g/mol. The Bertz CT molecular complexity index is 699. The highest BCUT2D eigenvalue weighted by atomic mass is 16.5. The van der Waals surface area contributed by atoms with E-state index in [1.807, 2.05) is 38.1 Å². The van der Waals surface area contributed by atoms with Crippen LogP contribution in [0.4, 0.5) is 0 Å². The Balaban J connectivity index is 1.90. The summed E-state index contributed by atoms with van der Waals surface area (Å²) in [5.74, 6) is -0.143. The summed E-state index contributed by atoms with van der Waals surface area (Å²) in [6, 6.07) is 14.4. The van der Waals surface area contributed by atoms with Gasteiger partial charge in [0.1, 0.15) is 5.75 Å². The van der Waals surface area contributed by atoms with Crippen LogP contribution in [0.2, 0.25) is 0 Å². The van der Waals surface area contributed by atoms with Gasteiger partial charge in [-0.15, -0.1) is 0 Å². The first-order chi connectivity index (χ1) is 11.0. The molecule has 0 spiro atoms. The smallest absolute Gasteiger partial charge is 0.279 e. The van der Waals surface area contributed by atoms with E-state index in [0.717, 1.165) is 11.1 Å². The Morgan fingerprint density at radius 2 is 1.70 bits per heavy atom. The second-order valence-electron chi connectivity index (χ2n) is 5.34. The monoisotopic (exact) mass is 312 g/mol. The second-order valence-corrected chi connectivity index (χ2v) is 5.34. The van der Waals surface area contributed by atoms with Crippen LogP contribution < -0.4 is 15.6 Å². The number of hydrogen-bond acceptors (Lipinski definition) is 3. The molecule has 5 heteroatoms. The van der Waals surface area contributed by atoms with Gasteiger partial charge in [0.05, 0.1) is 0 Å². The SMILES string of the molecule is Cc1ccc(C)c(OC(C)C(=O)NNC(=O)c2ccccc2)c1. The molecule has 0 fully saturated rings. The number of carbonyl (C=O) groups is 2. The van der Waals surface area contributed by atoms with Crippen LogP contribution in [0.5, 0.6) is 5.75 Å². The van der Waals surface area contributed by atoms with Crippen molar-refractivity contribution in [1.82, 2.24) is 10.9 Å². The number of rotatable bonds is 4. The molecule has 5 nitrogen and oxygen atoms in total. The van der Waals surface area contributed by atoms with Gasteiger partial charge in [-0.2, -0.15) is 0 Å². The van der Waals surface area contributed by atoms with Crippen molar-refractivity contribution in [2.24, 2.45) is 0 Å². The van der Waals surface area contributed by atoms with Crippen LogP contribution in [0, 0.1) is 13.8 Å². The third-order valence-electron chi connectivity index (χ3n) is 3.35. The number of nitrogens with one attached hydrogen (secondary N) is 2. The molecule has 2 amide bonds. The van der Waals surface area contributed by atoms with Crippen LogP contribution in [0.1, 0.15) is 28.4 Å². The number of carbonyl (C=O) groups excluding carboxylic acids is 2. The summed E-state index contributed by atoms with van der Waals surface area (Å²) in [6.45, 7) is 5.50. The van der Waals surface area contributed by atoms with Crippen molar-refractivity contribution in [3.05, 3.63) is 65.2 Å². The molecule has 2 N–H and O–H groups in total. The van der Waals surface area contributed by atoms with E-state index in [1.54, 1.807) is 31.2 Å². The van der Waals surface area contributed by atoms with Gasteiger partial charge in [0, 0.05) is 5.56 Å². The van der Waals surface area contributed by atoms with Gasteiger partial charge in [0.25, 0.3) is 11.8 Å². The summed E-state index contributed by atoms with van der Waals surface area (Å²) in [5, 5.41) is 0. The first-order valence-electron chi connectivity index (χ1n) is 7.36. The molecule has 120 valence electrons. The molecule has 0 aliphatic carbocycles. The normalized spacial score (nSPS) is 11.4. The highest BCUT2D eigenvalue weighted by Crippen LogP contribution is 2.20. The maximum atomic E-state index is 12.0. The molecular formula is C18H20N2O3. The van der Waals surface area contributed by atoms with Gasteiger partial charge in [-0.1, -0.05) is 30.3 Å². The summed E-state index contributed by atoms with van der Waals surface area (Å²) in [4.78, 5) is 23.9. The average Bonchev–Trinajstić information content (AvgIpc) is 2.56. The van der Waals surface area contributed by atoms with Crippen LogP contribution in [0.25, 0.3) is 0 Å². The molecule has 0 heterocycles. The third-order valence-corrected chi connectivity index (χ3v) is 3.35. The third kappa shape index (κ3) is 4.57. The molecule has 1 atom stereocenters. The lowest BCUT2D eigenvalue weighted by atomic mass is 10.1. The largest absolute Gasteiger partial charge is 0.481 e. The van der Waals surface area contributed by atoms with Crippen molar-refractivity contribution < 1.29 is 14.3 Å². The summed E-state index contributed by atoms with van der Waals surface area (Å²) < 4.78 is 5.66. The fourth-order valence-electron chi connectivity index (χ4n) is 1.96. The topological polar surface area (TPSA) is 67.4 Å². The van der Waals surface area contributed by atoms with E-state index in [-0.39, 0.29) is 5.91 Å². The standard InChI is InChI=1S/C18H20N2O3/c1-12-9-10-13(2)16(11-12)23-14(3)17(21)19-20-18(22)15-7-5-4-6-8-15/h4-11,14H,1-3H3,(H,19,21)(H,20,22). The fraction of sp³-hybridized carbons (Fsp3) is 0.222. The van der Waals surface area contributed by atoms with Crippen molar-refractivity contribution in [2.75, 3.05) is 0 Å². The van der Waals surface area contributed by atoms with E-state index >= 15 is 0 Å². The van der Waals surface area contributed by atoms with Gasteiger partial charge in [0.15, 0.2) is 6.10 Å². The number of hydrazine groups is 1. The maximum Gasteiger partial charge on any atom is 0.279 e. The molecule has 0 bridgehead atoms. The first-order valence-corrected chi connectivity index (χ1v) is 7.36. The minimum absolute atomic E-state index is 0.377. The molecule has 23 heavy (non-hydrogen) atoms. The lowest BCUT2D eigenvalue weighted by Crippen LogP contribution is -2.47. The molecule has 1 unspecified atom stereocenters. The Kier molecular flexibility index (Phi) is 5.36. The van der Waals surface area contributed by atoms with Gasteiger partial charge in [-0.3, -0.25) is 20.4 Å². The number of ether oxygens (including phenoxy) is 1. The van der Waals surface area contributed by atoms with Crippen LogP contribution >= 0.6 is 0 Å². The van der Waals surface area contributed by atoms with Gasteiger partial charge in [-0.25, -0.2) is 0 Å². The molecule has 0 saturated carbocycles. The predicted molar refractivity (Wildman–Crippen MR) is 88.1 cm³/mol. The van der Waals surface area contributed by atoms with Crippen LogP contribution in [-0.2, 0) is 4.79 Å². The van der Waals surface area contributed by atoms with Gasteiger partial charge >= 0.3 is 0 Å². The quantitative estimate of drug-likeness (QED) is 0.853.